The summed E-state index contributed by atoms with van der Waals surface area (Å²) in [5, 5.41) is 10.2. The van der Waals surface area contributed by atoms with E-state index < -0.39 is 0 Å². The van der Waals surface area contributed by atoms with E-state index in [1.807, 2.05) is 97.2 Å². The molecule has 9 nitrogen and oxygen atoms in total. The first-order valence-corrected chi connectivity index (χ1v) is 13.9. The highest BCUT2D eigenvalue weighted by Crippen LogP contribution is 2.34. The monoisotopic (exact) mass is 573 g/mol. The maximum Gasteiger partial charge on any atom is 0.291 e. The minimum atomic E-state index is -0.253. The Morgan fingerprint density at radius 2 is 1.74 bits per heavy atom. The lowest BCUT2D eigenvalue weighted by Gasteiger charge is -1.99. The van der Waals surface area contributed by atoms with Crippen LogP contribution < -0.4 is 19.6 Å². The van der Waals surface area contributed by atoms with Gasteiger partial charge in [0.2, 0.25) is 4.96 Å². The average Bonchev–Trinajstić information content (AvgIpc) is 3.80. The molecule has 0 N–H and O–H groups in total. The van der Waals surface area contributed by atoms with Gasteiger partial charge in [0.05, 0.1) is 24.4 Å². The summed E-state index contributed by atoms with van der Waals surface area (Å²) in [5.41, 5.74) is 3.55. The van der Waals surface area contributed by atoms with E-state index in [-0.39, 0.29) is 5.56 Å². The molecule has 0 aliphatic carbocycles. The van der Waals surface area contributed by atoms with Crippen molar-refractivity contribution in [3.05, 3.63) is 117 Å². The molecule has 4 aromatic heterocycles. The summed E-state index contributed by atoms with van der Waals surface area (Å²) in [6.45, 7) is 0. The summed E-state index contributed by atoms with van der Waals surface area (Å²) in [7, 11) is 3.24. The predicted molar refractivity (Wildman–Crippen MR) is 163 cm³/mol. The summed E-state index contributed by atoms with van der Waals surface area (Å²) in [5.74, 6) is 2.43. The maximum atomic E-state index is 13.4. The van der Waals surface area contributed by atoms with E-state index in [0.29, 0.717) is 38.1 Å². The van der Waals surface area contributed by atoms with E-state index in [9.17, 15) is 4.79 Å². The van der Waals surface area contributed by atoms with Gasteiger partial charge in [0.1, 0.15) is 11.4 Å². The lowest BCUT2D eigenvalue weighted by molar-refractivity contribution is 0.411. The standard InChI is InChI=1S/C32H23N5O4S/c1-39-24-14-11-20(12-15-24)13-16-28-33-32-37(34-28)31(38)27(42-32)18-22-19-36(23-8-4-3-5-9-23)35-29(22)26-17-21-7-6-10-25(40-2)30(21)41-26/h3-19H,1-2H3/b16-13+,27-18-. The molecule has 0 saturated carbocycles. The van der Waals surface area contributed by atoms with Crippen LogP contribution >= 0.6 is 11.3 Å². The van der Waals surface area contributed by atoms with Gasteiger partial charge in [0.25, 0.3) is 5.56 Å². The average molecular weight is 574 g/mol. The summed E-state index contributed by atoms with van der Waals surface area (Å²) >= 11 is 1.27. The van der Waals surface area contributed by atoms with Gasteiger partial charge in [0, 0.05) is 17.1 Å². The van der Waals surface area contributed by atoms with E-state index in [2.05, 4.69) is 10.1 Å². The second-order valence-corrected chi connectivity index (χ2v) is 10.4. The number of ether oxygens (including phenoxy) is 2. The van der Waals surface area contributed by atoms with Crippen LogP contribution in [0.4, 0.5) is 0 Å². The van der Waals surface area contributed by atoms with Crippen molar-refractivity contribution in [2.75, 3.05) is 14.2 Å². The minimum Gasteiger partial charge on any atom is -0.497 e. The molecular weight excluding hydrogens is 550 g/mol. The zero-order valence-corrected chi connectivity index (χ0v) is 23.4. The predicted octanol–water partition coefficient (Wildman–Crippen LogP) is 5.49. The molecule has 3 aromatic carbocycles. The highest BCUT2D eigenvalue weighted by molar-refractivity contribution is 7.15. The fourth-order valence-corrected chi connectivity index (χ4v) is 5.56. The lowest BCUT2D eigenvalue weighted by atomic mass is 10.2. The Morgan fingerprint density at radius 3 is 2.50 bits per heavy atom. The van der Waals surface area contributed by atoms with Crippen LogP contribution in [0.5, 0.6) is 11.5 Å². The number of nitrogens with zero attached hydrogens (tertiary/aromatic N) is 5. The van der Waals surface area contributed by atoms with Crippen molar-refractivity contribution >= 4 is 45.5 Å². The molecule has 206 valence electrons. The second kappa shape index (κ2) is 10.5. The number of benzene rings is 3. The van der Waals surface area contributed by atoms with Crippen LogP contribution in [0.2, 0.25) is 0 Å². The van der Waals surface area contributed by atoms with E-state index >= 15 is 0 Å². The molecule has 0 fully saturated rings. The molecule has 4 heterocycles. The van der Waals surface area contributed by atoms with Gasteiger partial charge in [-0.1, -0.05) is 59.9 Å². The summed E-state index contributed by atoms with van der Waals surface area (Å²) in [4.78, 5) is 18.4. The number of methoxy groups -OCH3 is 2. The van der Waals surface area contributed by atoms with E-state index in [0.717, 1.165) is 28.0 Å². The largest absolute Gasteiger partial charge is 0.497 e. The Balaban J connectivity index is 1.30. The van der Waals surface area contributed by atoms with E-state index in [4.69, 9.17) is 19.0 Å². The quantitative estimate of drug-likeness (QED) is 0.249. The number of hydrogen-bond acceptors (Lipinski definition) is 8. The first-order valence-electron chi connectivity index (χ1n) is 13.0. The highest BCUT2D eigenvalue weighted by Gasteiger charge is 2.18. The number of fused-ring (bicyclic) bond motifs is 2. The van der Waals surface area contributed by atoms with Crippen LogP contribution in [0.25, 0.3) is 51.3 Å². The summed E-state index contributed by atoms with van der Waals surface area (Å²) < 4.78 is 20.5. The molecule has 0 saturated heterocycles. The topological polar surface area (TPSA) is 96.7 Å². The Kier molecular flexibility index (Phi) is 6.37. The number of para-hydroxylation sites is 2. The third-order valence-corrected chi connectivity index (χ3v) is 7.71. The van der Waals surface area contributed by atoms with Crippen molar-refractivity contribution in [3.8, 4) is 28.6 Å². The van der Waals surface area contributed by atoms with Gasteiger partial charge < -0.3 is 13.9 Å². The fourth-order valence-electron chi connectivity index (χ4n) is 4.66. The number of rotatable bonds is 7. The number of aromatic nitrogens is 5. The number of thiazole rings is 1. The minimum absolute atomic E-state index is 0.253. The molecule has 0 aliphatic heterocycles. The molecule has 0 radical (unpaired) electrons. The molecule has 42 heavy (non-hydrogen) atoms. The third kappa shape index (κ3) is 4.63. The van der Waals surface area contributed by atoms with Gasteiger partial charge in [0.15, 0.2) is 22.9 Å². The molecule has 0 amide bonds. The molecule has 7 aromatic rings. The van der Waals surface area contributed by atoms with Gasteiger partial charge in [-0.15, -0.1) is 5.10 Å². The van der Waals surface area contributed by atoms with Crippen molar-refractivity contribution in [1.82, 2.24) is 24.4 Å². The van der Waals surface area contributed by atoms with Gasteiger partial charge in [-0.05, 0) is 54.1 Å². The van der Waals surface area contributed by atoms with Gasteiger partial charge >= 0.3 is 0 Å². The van der Waals surface area contributed by atoms with E-state index in [1.165, 1.54) is 15.9 Å². The Morgan fingerprint density at radius 1 is 0.905 bits per heavy atom. The third-order valence-electron chi connectivity index (χ3n) is 6.75. The SMILES string of the molecule is COc1ccc(/C=C/c2nc3s/c(=C\c4cn(-c5ccccc5)nc4-c4cc5cccc(OC)c5o4)c(=O)n3n2)cc1. The summed E-state index contributed by atoms with van der Waals surface area (Å²) in [6, 6.07) is 25.1. The van der Waals surface area contributed by atoms with Crippen LogP contribution in [0.15, 0.2) is 94.3 Å². The van der Waals surface area contributed by atoms with Crippen molar-refractivity contribution in [2.24, 2.45) is 0 Å². The van der Waals surface area contributed by atoms with Crippen molar-refractivity contribution in [1.29, 1.82) is 0 Å². The van der Waals surface area contributed by atoms with Crippen molar-refractivity contribution in [2.45, 2.75) is 0 Å². The lowest BCUT2D eigenvalue weighted by Crippen LogP contribution is -2.23. The smallest absolute Gasteiger partial charge is 0.291 e. The van der Waals surface area contributed by atoms with Crippen LogP contribution in [-0.4, -0.2) is 38.6 Å². The fraction of sp³-hybridized carbons (Fsp3) is 0.0625. The first kappa shape index (κ1) is 25.5. The molecule has 0 atom stereocenters. The Labute approximate surface area is 243 Å². The Bertz CT molecular complexity index is 2190. The summed E-state index contributed by atoms with van der Waals surface area (Å²) in [6.07, 6.45) is 7.36. The second-order valence-electron chi connectivity index (χ2n) is 9.39. The molecular formula is C32H23N5O4S. The zero-order chi connectivity index (χ0) is 28.6. The van der Waals surface area contributed by atoms with Crippen LogP contribution in [-0.2, 0) is 0 Å². The van der Waals surface area contributed by atoms with Crippen LogP contribution in [0.1, 0.15) is 17.0 Å². The molecule has 10 heteroatoms. The maximum absolute atomic E-state index is 13.4. The Hall–Kier alpha value is -5.48. The molecule has 0 unspecified atom stereocenters. The van der Waals surface area contributed by atoms with Crippen molar-refractivity contribution < 1.29 is 13.9 Å². The van der Waals surface area contributed by atoms with E-state index in [1.54, 1.807) is 25.0 Å². The zero-order valence-electron chi connectivity index (χ0n) is 22.6. The van der Waals surface area contributed by atoms with Crippen LogP contribution in [0, 0.1) is 0 Å². The normalized spacial score (nSPS) is 12.2. The molecule has 0 bridgehead atoms. The van der Waals surface area contributed by atoms with Crippen molar-refractivity contribution in [3.63, 3.8) is 0 Å². The van der Waals surface area contributed by atoms with Gasteiger partial charge in [-0.25, -0.2) is 4.68 Å². The highest BCUT2D eigenvalue weighted by atomic mass is 32.1. The number of hydrogen-bond donors (Lipinski definition) is 0. The van der Waals surface area contributed by atoms with Crippen LogP contribution in [0.3, 0.4) is 0 Å². The molecule has 0 spiro atoms. The molecule has 0 aliphatic rings. The van der Waals surface area contributed by atoms with Gasteiger partial charge in [-0.3, -0.25) is 4.79 Å². The van der Waals surface area contributed by atoms with Gasteiger partial charge in [-0.2, -0.15) is 14.6 Å². The molecule has 7 rings (SSSR count). The number of furan rings is 1. The first-order chi connectivity index (χ1) is 20.6.